The third-order valence-corrected chi connectivity index (χ3v) is 3.58. The maximum Gasteiger partial charge on any atom is 0.256 e. The van der Waals surface area contributed by atoms with Crippen LogP contribution in [0.3, 0.4) is 0 Å². The van der Waals surface area contributed by atoms with E-state index in [0.717, 1.165) is 0 Å². The van der Waals surface area contributed by atoms with Crippen LogP contribution in [0.25, 0.3) is 0 Å². The number of carbonyl (C=O) groups is 2. The monoisotopic (exact) mass is 241 g/mol. The highest BCUT2D eigenvalue weighted by Gasteiger charge is 2.24. The van der Waals surface area contributed by atoms with E-state index in [-0.39, 0.29) is 17.4 Å². The van der Waals surface area contributed by atoms with Gasteiger partial charge in [0.05, 0.1) is 16.1 Å². The molecule has 1 amide bonds. The molecule has 0 fully saturated rings. The van der Waals surface area contributed by atoms with Gasteiger partial charge < -0.3 is 16.0 Å². The van der Waals surface area contributed by atoms with E-state index in [1.807, 2.05) is 14.1 Å². The molecule has 88 valence electrons. The number of Topliss-reactive ketones (excluding diaryl/α,β-unsaturated/α-hetero) is 1. The highest BCUT2D eigenvalue weighted by molar-refractivity contribution is 7.19. The minimum Gasteiger partial charge on any atom is -0.397 e. The van der Waals surface area contributed by atoms with E-state index in [1.54, 1.807) is 4.90 Å². The summed E-state index contributed by atoms with van der Waals surface area (Å²) in [6.45, 7) is 1.44. The van der Waals surface area contributed by atoms with Gasteiger partial charge in [-0.15, -0.1) is 11.3 Å². The van der Waals surface area contributed by atoms with Crippen LogP contribution in [0.5, 0.6) is 0 Å². The molecule has 0 saturated carbocycles. The van der Waals surface area contributed by atoms with E-state index in [2.05, 4.69) is 5.32 Å². The Hall–Kier alpha value is -1.56. The van der Waals surface area contributed by atoms with Crippen LogP contribution >= 0.6 is 11.3 Å². The second-order valence-electron chi connectivity index (χ2n) is 3.55. The molecule has 0 aromatic carbocycles. The lowest BCUT2D eigenvalue weighted by molar-refractivity contribution is 0.0964. The number of anilines is 2. The zero-order valence-corrected chi connectivity index (χ0v) is 10.6. The van der Waals surface area contributed by atoms with Gasteiger partial charge in [-0.2, -0.15) is 0 Å². The van der Waals surface area contributed by atoms with Crippen LogP contribution in [0.1, 0.15) is 27.0 Å². The average molecular weight is 241 g/mol. The fourth-order valence-corrected chi connectivity index (χ4v) is 2.39. The van der Waals surface area contributed by atoms with Crippen molar-refractivity contribution in [2.75, 3.05) is 31.8 Å². The molecule has 0 bridgehead atoms. The molecule has 5 nitrogen and oxygen atoms in total. The molecule has 1 aromatic rings. The number of hydrogen-bond acceptors (Lipinski definition) is 5. The molecule has 0 aliphatic heterocycles. The Morgan fingerprint density at radius 2 is 1.94 bits per heavy atom. The Bertz CT molecular complexity index is 438. The topological polar surface area (TPSA) is 75.4 Å². The number of nitrogen functional groups attached to an aromatic ring is 1. The second-order valence-corrected chi connectivity index (χ2v) is 4.55. The van der Waals surface area contributed by atoms with Crippen LogP contribution in [-0.4, -0.2) is 32.8 Å². The molecule has 0 saturated heterocycles. The van der Waals surface area contributed by atoms with Crippen molar-refractivity contribution in [2.24, 2.45) is 0 Å². The van der Waals surface area contributed by atoms with Crippen LogP contribution in [0.15, 0.2) is 0 Å². The maximum atomic E-state index is 11.7. The quantitative estimate of drug-likeness (QED) is 0.773. The maximum absolute atomic E-state index is 11.7. The molecule has 0 radical (unpaired) electrons. The summed E-state index contributed by atoms with van der Waals surface area (Å²) in [5, 5.41) is 3.22. The molecule has 0 unspecified atom stereocenters. The summed E-state index contributed by atoms with van der Waals surface area (Å²) in [6.07, 6.45) is 0. The van der Waals surface area contributed by atoms with Crippen molar-refractivity contribution in [3.63, 3.8) is 0 Å². The number of nitrogens with one attached hydrogen (secondary N) is 1. The van der Waals surface area contributed by atoms with Gasteiger partial charge in [-0.3, -0.25) is 9.59 Å². The molecule has 6 heteroatoms. The molecule has 16 heavy (non-hydrogen) atoms. The fourth-order valence-electron chi connectivity index (χ4n) is 1.35. The first-order valence-corrected chi connectivity index (χ1v) is 5.54. The van der Waals surface area contributed by atoms with Crippen LogP contribution in [0.4, 0.5) is 10.7 Å². The molecule has 0 aliphatic carbocycles. The fraction of sp³-hybridized carbons (Fsp3) is 0.400. The van der Waals surface area contributed by atoms with E-state index in [0.29, 0.717) is 15.4 Å². The van der Waals surface area contributed by atoms with Crippen LogP contribution in [0, 0.1) is 0 Å². The summed E-state index contributed by atoms with van der Waals surface area (Å²) in [7, 11) is 5.15. The number of ketones is 1. The Labute approximate surface area is 98.2 Å². The molecule has 1 aromatic heterocycles. The van der Waals surface area contributed by atoms with Gasteiger partial charge >= 0.3 is 0 Å². The predicted molar refractivity (Wildman–Crippen MR) is 66.5 cm³/mol. The van der Waals surface area contributed by atoms with Crippen LogP contribution in [-0.2, 0) is 0 Å². The third-order valence-electron chi connectivity index (χ3n) is 2.11. The van der Waals surface area contributed by atoms with Gasteiger partial charge in [-0.05, 0) is 0 Å². The lowest BCUT2D eigenvalue weighted by Crippen LogP contribution is -2.21. The summed E-state index contributed by atoms with van der Waals surface area (Å²) >= 11 is 1.24. The van der Waals surface area contributed by atoms with Crippen molar-refractivity contribution >= 4 is 33.7 Å². The van der Waals surface area contributed by atoms with Crippen LogP contribution < -0.4 is 16.0 Å². The van der Waals surface area contributed by atoms with Gasteiger partial charge in [0.2, 0.25) is 0 Å². The van der Waals surface area contributed by atoms with Crippen molar-refractivity contribution in [2.45, 2.75) is 6.92 Å². The van der Waals surface area contributed by atoms with Gasteiger partial charge in [0.15, 0.2) is 5.78 Å². The zero-order chi connectivity index (χ0) is 12.5. The average Bonchev–Trinajstić information content (AvgIpc) is 2.55. The Morgan fingerprint density at radius 1 is 1.38 bits per heavy atom. The van der Waals surface area contributed by atoms with Gasteiger partial charge in [0.1, 0.15) is 5.00 Å². The Kier molecular flexibility index (Phi) is 3.54. The zero-order valence-electron chi connectivity index (χ0n) is 9.75. The van der Waals surface area contributed by atoms with Crippen molar-refractivity contribution in [1.82, 2.24) is 5.32 Å². The summed E-state index contributed by atoms with van der Waals surface area (Å²) in [5.74, 6) is -0.397. The van der Waals surface area contributed by atoms with E-state index < -0.39 is 0 Å². The molecule has 1 rings (SSSR count). The van der Waals surface area contributed by atoms with E-state index in [4.69, 9.17) is 5.73 Å². The van der Waals surface area contributed by atoms with Gasteiger partial charge in [-0.1, -0.05) is 0 Å². The SMILES string of the molecule is CNC(=O)c1c(N(C)C)sc(C(C)=O)c1N. The van der Waals surface area contributed by atoms with Gasteiger partial charge in [-0.25, -0.2) is 0 Å². The summed E-state index contributed by atoms with van der Waals surface area (Å²) in [5.41, 5.74) is 6.46. The summed E-state index contributed by atoms with van der Waals surface area (Å²) in [4.78, 5) is 25.2. The molecule has 3 N–H and O–H groups in total. The first-order valence-electron chi connectivity index (χ1n) is 4.72. The van der Waals surface area contributed by atoms with E-state index in [9.17, 15) is 9.59 Å². The number of rotatable bonds is 3. The number of carbonyl (C=O) groups excluding carboxylic acids is 2. The molecule has 0 atom stereocenters. The standard InChI is InChI=1S/C10H15N3O2S/c1-5(14)8-7(11)6(9(15)12-2)10(16-8)13(3)4/h11H2,1-4H3,(H,12,15). The number of thiophene rings is 1. The Balaban J connectivity index is 3.43. The summed E-state index contributed by atoms with van der Waals surface area (Å²) in [6, 6.07) is 0. The normalized spacial score (nSPS) is 10.0. The Morgan fingerprint density at radius 3 is 2.31 bits per heavy atom. The predicted octanol–water partition coefficient (Wildman–Crippen LogP) is 0.958. The van der Waals surface area contributed by atoms with Gasteiger partial charge in [0.25, 0.3) is 5.91 Å². The van der Waals surface area contributed by atoms with Gasteiger partial charge in [0, 0.05) is 28.1 Å². The molecule has 1 heterocycles. The first kappa shape index (κ1) is 12.5. The van der Waals surface area contributed by atoms with E-state index in [1.165, 1.54) is 25.3 Å². The lowest BCUT2D eigenvalue weighted by atomic mass is 10.2. The van der Waals surface area contributed by atoms with E-state index >= 15 is 0 Å². The number of nitrogens with two attached hydrogens (primary N) is 1. The molecular formula is C10H15N3O2S. The van der Waals surface area contributed by atoms with Crippen molar-refractivity contribution < 1.29 is 9.59 Å². The number of hydrogen-bond donors (Lipinski definition) is 2. The largest absolute Gasteiger partial charge is 0.397 e. The first-order chi connectivity index (χ1) is 7.40. The summed E-state index contributed by atoms with van der Waals surface area (Å²) < 4.78 is 0. The van der Waals surface area contributed by atoms with Crippen molar-refractivity contribution in [3.8, 4) is 0 Å². The minimum atomic E-state index is -0.273. The minimum absolute atomic E-state index is 0.124. The molecule has 0 spiro atoms. The second kappa shape index (κ2) is 4.52. The lowest BCUT2D eigenvalue weighted by Gasteiger charge is -2.11. The van der Waals surface area contributed by atoms with Crippen molar-refractivity contribution in [1.29, 1.82) is 0 Å². The highest BCUT2D eigenvalue weighted by atomic mass is 32.1. The molecule has 0 aliphatic rings. The third kappa shape index (κ3) is 2.01. The highest BCUT2D eigenvalue weighted by Crippen LogP contribution is 2.37. The molecular weight excluding hydrogens is 226 g/mol. The van der Waals surface area contributed by atoms with Crippen LogP contribution in [0.2, 0.25) is 0 Å². The number of nitrogens with zero attached hydrogens (tertiary/aromatic N) is 1. The van der Waals surface area contributed by atoms with Crippen molar-refractivity contribution in [3.05, 3.63) is 10.4 Å². The number of amides is 1. The smallest absolute Gasteiger partial charge is 0.256 e.